The minimum atomic E-state index is -1.75. The lowest BCUT2D eigenvalue weighted by Crippen LogP contribution is -2.61. The SMILES string of the molecule is COC(=O)[C@@H]1CCCN1C(=O)CCC(=O)OCC(=O)[C@]1(O)CC[C@@H]2[C@@H]3CCC4=CC(=O)C=C[C@]4(C)[C@H]3[C@@H](O)C[C@@]21C. The molecule has 224 valence electrons. The number of fused-ring (bicyclic) bond motifs is 5. The van der Waals surface area contributed by atoms with Crippen molar-refractivity contribution < 1.29 is 43.7 Å². The van der Waals surface area contributed by atoms with Crippen LogP contribution in [-0.2, 0) is 33.4 Å². The molecule has 10 nitrogen and oxygen atoms in total. The lowest BCUT2D eigenvalue weighted by atomic mass is 9.46. The molecule has 1 aliphatic heterocycles. The van der Waals surface area contributed by atoms with Gasteiger partial charge in [0.05, 0.1) is 19.6 Å². The van der Waals surface area contributed by atoms with E-state index in [1.165, 1.54) is 12.0 Å². The van der Waals surface area contributed by atoms with Gasteiger partial charge in [-0.3, -0.25) is 19.2 Å². The van der Waals surface area contributed by atoms with Crippen LogP contribution in [0.1, 0.15) is 71.6 Å². The Morgan fingerprint density at radius 1 is 1.12 bits per heavy atom. The van der Waals surface area contributed by atoms with E-state index in [1.807, 2.05) is 13.0 Å². The first kappa shape index (κ1) is 29.6. The third kappa shape index (κ3) is 4.76. The van der Waals surface area contributed by atoms with Crippen molar-refractivity contribution in [2.24, 2.45) is 28.6 Å². The van der Waals surface area contributed by atoms with E-state index in [4.69, 9.17) is 9.47 Å². The first-order valence-electron chi connectivity index (χ1n) is 14.8. The van der Waals surface area contributed by atoms with Crippen molar-refractivity contribution >= 4 is 29.4 Å². The van der Waals surface area contributed by atoms with E-state index in [0.717, 1.165) is 18.4 Å². The number of Topliss-reactive ketones (excluding diaryl/α,β-unsaturated/α-hetero) is 1. The van der Waals surface area contributed by atoms with Gasteiger partial charge in [0.1, 0.15) is 11.6 Å². The van der Waals surface area contributed by atoms with Crippen molar-refractivity contribution in [1.29, 1.82) is 0 Å². The summed E-state index contributed by atoms with van der Waals surface area (Å²) in [6.45, 7) is 3.74. The van der Waals surface area contributed by atoms with E-state index < -0.39 is 52.9 Å². The van der Waals surface area contributed by atoms with Crippen LogP contribution in [0.25, 0.3) is 0 Å². The number of ether oxygens (including phenoxy) is 2. The number of rotatable bonds is 7. The van der Waals surface area contributed by atoms with Crippen LogP contribution in [0.5, 0.6) is 0 Å². The smallest absolute Gasteiger partial charge is 0.328 e. The first-order valence-corrected chi connectivity index (χ1v) is 14.8. The Bertz CT molecular complexity index is 1210. The van der Waals surface area contributed by atoms with Gasteiger partial charge in [-0.15, -0.1) is 0 Å². The molecule has 4 aliphatic carbocycles. The molecular weight excluding hydrogens is 530 g/mol. The zero-order valence-corrected chi connectivity index (χ0v) is 24.1. The van der Waals surface area contributed by atoms with Crippen molar-refractivity contribution in [1.82, 2.24) is 4.90 Å². The maximum atomic E-state index is 13.4. The monoisotopic (exact) mass is 571 g/mol. The van der Waals surface area contributed by atoms with Gasteiger partial charge in [-0.1, -0.05) is 25.5 Å². The van der Waals surface area contributed by atoms with Gasteiger partial charge >= 0.3 is 11.9 Å². The minimum Gasteiger partial charge on any atom is -0.467 e. The summed E-state index contributed by atoms with van der Waals surface area (Å²) in [5.41, 5.74) is -2.05. The molecule has 41 heavy (non-hydrogen) atoms. The van der Waals surface area contributed by atoms with Crippen molar-refractivity contribution in [2.45, 2.75) is 89.4 Å². The fourth-order valence-corrected chi connectivity index (χ4v) is 8.93. The predicted molar refractivity (Wildman–Crippen MR) is 145 cm³/mol. The van der Waals surface area contributed by atoms with Gasteiger partial charge in [-0.2, -0.15) is 0 Å². The van der Waals surface area contributed by atoms with Gasteiger partial charge in [-0.25, -0.2) is 4.79 Å². The number of methoxy groups -OCH3 is 1. The summed E-state index contributed by atoms with van der Waals surface area (Å²) in [6, 6.07) is -0.646. The number of carbonyl (C=O) groups excluding carboxylic acids is 5. The quantitative estimate of drug-likeness (QED) is 0.438. The molecule has 1 saturated heterocycles. The van der Waals surface area contributed by atoms with Gasteiger partial charge in [-0.05, 0) is 68.9 Å². The van der Waals surface area contributed by atoms with Crippen LogP contribution in [0.2, 0.25) is 0 Å². The Kier molecular flexibility index (Phi) is 7.78. The number of ketones is 2. The molecule has 1 amide bonds. The number of esters is 2. The van der Waals surface area contributed by atoms with E-state index in [9.17, 15) is 34.2 Å². The number of likely N-dealkylation sites (tertiary alicyclic amines) is 1. The number of hydrogen-bond acceptors (Lipinski definition) is 9. The van der Waals surface area contributed by atoms with Gasteiger partial charge in [0.2, 0.25) is 11.7 Å². The molecule has 5 aliphatic rings. The number of hydrogen-bond donors (Lipinski definition) is 2. The Balaban J connectivity index is 1.20. The van der Waals surface area contributed by atoms with Crippen LogP contribution in [-0.4, -0.2) is 82.5 Å². The summed E-state index contributed by atoms with van der Waals surface area (Å²) in [7, 11) is 1.27. The number of allylic oxidation sites excluding steroid dienone is 4. The standard InChI is InChI=1S/C31H41NO9/c1-29-12-10-19(33)15-18(29)6-7-20-21-11-13-31(39,30(21,2)16-23(34)27(20)29)24(35)17-41-26(37)9-8-25(36)32-14-4-5-22(32)28(38)40-3/h10,12,15,20-23,27,34,39H,4-9,11,13-14,16-17H2,1-3H3/t20-,21+,22-,23-,27+,29-,30-,31+/m0/s1. The van der Waals surface area contributed by atoms with Crippen LogP contribution in [0.4, 0.5) is 0 Å². The second kappa shape index (κ2) is 10.8. The Morgan fingerprint density at radius 2 is 1.88 bits per heavy atom. The largest absolute Gasteiger partial charge is 0.467 e. The fraction of sp³-hybridized carbons (Fsp3) is 0.710. The normalized spacial score (nSPS) is 39.3. The number of aliphatic hydroxyl groups excluding tert-OH is 1. The molecule has 8 atom stereocenters. The van der Waals surface area contributed by atoms with Gasteiger partial charge in [0.25, 0.3) is 0 Å². The lowest BCUT2D eigenvalue weighted by Gasteiger charge is -2.59. The Labute approximate surface area is 240 Å². The molecule has 3 saturated carbocycles. The number of carbonyl (C=O) groups is 5. The number of aliphatic hydroxyl groups is 2. The van der Waals surface area contributed by atoms with Crippen LogP contribution < -0.4 is 0 Å². The highest BCUT2D eigenvalue weighted by atomic mass is 16.5. The summed E-state index contributed by atoms with van der Waals surface area (Å²) in [5, 5.41) is 23.3. The van der Waals surface area contributed by atoms with Crippen molar-refractivity contribution in [3.63, 3.8) is 0 Å². The third-order valence-electron chi connectivity index (χ3n) is 11.1. The van der Waals surface area contributed by atoms with Crippen molar-refractivity contribution in [3.05, 3.63) is 23.8 Å². The summed E-state index contributed by atoms with van der Waals surface area (Å²) in [6.07, 6.45) is 7.75. The molecule has 0 aromatic rings. The molecule has 0 bridgehead atoms. The van der Waals surface area contributed by atoms with E-state index in [-0.39, 0.29) is 55.1 Å². The molecule has 0 aromatic heterocycles. The summed E-state index contributed by atoms with van der Waals surface area (Å²) in [4.78, 5) is 63.8. The predicted octanol–water partition coefficient (Wildman–Crippen LogP) is 2.05. The Morgan fingerprint density at radius 3 is 2.61 bits per heavy atom. The molecular formula is C31H41NO9. The highest BCUT2D eigenvalue weighted by molar-refractivity contribution is 6.01. The molecule has 10 heteroatoms. The molecule has 2 N–H and O–H groups in total. The maximum absolute atomic E-state index is 13.4. The molecule has 0 spiro atoms. The fourth-order valence-electron chi connectivity index (χ4n) is 8.93. The van der Waals surface area contributed by atoms with Crippen molar-refractivity contribution in [2.75, 3.05) is 20.3 Å². The third-order valence-corrected chi connectivity index (χ3v) is 11.1. The molecule has 4 fully saturated rings. The highest BCUT2D eigenvalue weighted by Gasteiger charge is 2.68. The van der Waals surface area contributed by atoms with E-state index in [2.05, 4.69) is 6.92 Å². The zero-order valence-electron chi connectivity index (χ0n) is 24.1. The average molecular weight is 572 g/mol. The van der Waals surface area contributed by atoms with Crippen LogP contribution in [0.15, 0.2) is 23.8 Å². The molecule has 0 radical (unpaired) electrons. The van der Waals surface area contributed by atoms with E-state index in [0.29, 0.717) is 25.8 Å². The highest BCUT2D eigenvalue weighted by Crippen LogP contribution is 2.67. The molecule has 0 aromatic carbocycles. The average Bonchev–Trinajstić information content (AvgIpc) is 3.53. The van der Waals surface area contributed by atoms with Crippen LogP contribution in [0.3, 0.4) is 0 Å². The summed E-state index contributed by atoms with van der Waals surface area (Å²) >= 11 is 0. The molecule has 5 rings (SSSR count). The van der Waals surface area contributed by atoms with E-state index >= 15 is 0 Å². The van der Waals surface area contributed by atoms with Gasteiger partial charge < -0.3 is 24.6 Å². The summed E-state index contributed by atoms with van der Waals surface area (Å²) in [5.74, 6) is -2.25. The topological polar surface area (TPSA) is 148 Å². The van der Waals surface area contributed by atoms with E-state index in [1.54, 1.807) is 12.2 Å². The second-order valence-corrected chi connectivity index (χ2v) is 13.0. The van der Waals surface area contributed by atoms with Gasteiger partial charge in [0.15, 0.2) is 12.4 Å². The van der Waals surface area contributed by atoms with Crippen LogP contribution >= 0.6 is 0 Å². The molecule has 0 unspecified atom stereocenters. The lowest BCUT2D eigenvalue weighted by molar-refractivity contribution is -0.181. The van der Waals surface area contributed by atoms with Gasteiger partial charge in [0, 0.05) is 29.7 Å². The Hall–Kier alpha value is -2.85. The second-order valence-electron chi connectivity index (χ2n) is 13.0. The van der Waals surface area contributed by atoms with Crippen molar-refractivity contribution in [3.8, 4) is 0 Å². The number of nitrogens with zero attached hydrogens (tertiary/aromatic N) is 1. The zero-order chi connectivity index (χ0) is 29.7. The number of amides is 1. The maximum Gasteiger partial charge on any atom is 0.328 e. The first-order chi connectivity index (χ1) is 19.4. The molecule has 1 heterocycles. The summed E-state index contributed by atoms with van der Waals surface area (Å²) < 4.78 is 9.98. The minimum absolute atomic E-state index is 0.00852. The van der Waals surface area contributed by atoms with Crippen LogP contribution in [0, 0.1) is 28.6 Å².